The summed E-state index contributed by atoms with van der Waals surface area (Å²) in [5, 5.41) is 6.06. The van der Waals surface area contributed by atoms with Crippen molar-refractivity contribution in [3.63, 3.8) is 0 Å². The Morgan fingerprint density at radius 1 is 1.31 bits per heavy atom. The number of nitrogens with one attached hydrogen (secondary N) is 2. The van der Waals surface area contributed by atoms with Gasteiger partial charge in [0.1, 0.15) is 11.8 Å². The lowest BCUT2D eigenvalue weighted by Gasteiger charge is -2.27. The van der Waals surface area contributed by atoms with Crippen molar-refractivity contribution < 1.29 is 22.7 Å². The third-order valence-electron chi connectivity index (χ3n) is 5.71. The molecule has 8 nitrogen and oxygen atoms in total. The Morgan fingerprint density at radius 3 is 2.81 bits per heavy atom. The number of sulfonamides is 1. The third kappa shape index (κ3) is 4.20. The van der Waals surface area contributed by atoms with Crippen LogP contribution in [0.3, 0.4) is 0 Å². The summed E-state index contributed by atoms with van der Waals surface area (Å²) >= 11 is 6.15. The number of aryl methyl sites for hydroxylation is 1. The zero-order valence-corrected chi connectivity index (χ0v) is 19.3. The van der Waals surface area contributed by atoms with Gasteiger partial charge in [-0.3, -0.25) is 9.59 Å². The molecule has 2 atom stereocenters. The molecule has 2 N–H and O–H groups in total. The molecule has 2 aliphatic heterocycles. The normalized spacial score (nSPS) is 20.9. The van der Waals surface area contributed by atoms with Crippen LogP contribution in [0.4, 0.5) is 5.69 Å². The Bertz CT molecular complexity index is 1180. The van der Waals surface area contributed by atoms with Crippen molar-refractivity contribution >= 4 is 39.1 Å². The minimum Gasteiger partial charge on any atom is -0.479 e. The Morgan fingerprint density at radius 2 is 2.06 bits per heavy atom. The van der Waals surface area contributed by atoms with Gasteiger partial charge in [0.2, 0.25) is 15.9 Å². The van der Waals surface area contributed by atoms with Gasteiger partial charge in [0.05, 0.1) is 10.6 Å². The van der Waals surface area contributed by atoms with Gasteiger partial charge in [-0.25, -0.2) is 8.42 Å². The molecule has 0 aliphatic carbocycles. The molecule has 0 bridgehead atoms. The van der Waals surface area contributed by atoms with Gasteiger partial charge in [0, 0.05) is 24.2 Å². The van der Waals surface area contributed by atoms with E-state index in [4.69, 9.17) is 16.3 Å². The number of carbonyl (C=O) groups is 2. The van der Waals surface area contributed by atoms with Crippen LogP contribution in [0, 0.1) is 6.92 Å². The van der Waals surface area contributed by atoms with Gasteiger partial charge in [-0.15, -0.1) is 0 Å². The van der Waals surface area contributed by atoms with Gasteiger partial charge in [0.25, 0.3) is 5.91 Å². The fourth-order valence-electron chi connectivity index (χ4n) is 3.98. The van der Waals surface area contributed by atoms with Crippen LogP contribution in [-0.4, -0.2) is 43.2 Å². The molecule has 2 amide bonds. The van der Waals surface area contributed by atoms with Gasteiger partial charge in [0.15, 0.2) is 6.10 Å². The van der Waals surface area contributed by atoms with Crippen molar-refractivity contribution in [1.82, 2.24) is 9.62 Å². The van der Waals surface area contributed by atoms with Crippen molar-refractivity contribution in [3.8, 4) is 5.75 Å². The van der Waals surface area contributed by atoms with E-state index < -0.39 is 22.2 Å². The molecule has 0 aromatic heterocycles. The predicted octanol–water partition coefficient (Wildman–Crippen LogP) is 2.84. The Kier molecular flexibility index (Phi) is 6.15. The van der Waals surface area contributed by atoms with Crippen LogP contribution in [0.15, 0.2) is 41.3 Å². The SMILES string of the molecule is Cc1cc2c(cc1S(=O)(=O)N1CCC[C@@H]1C(=O)NCc1ccccc1Cl)O[C@H](C)C(=O)N2. The summed E-state index contributed by atoms with van der Waals surface area (Å²) in [6, 6.07) is 9.36. The van der Waals surface area contributed by atoms with Crippen LogP contribution in [0.1, 0.15) is 30.9 Å². The van der Waals surface area contributed by atoms with Crippen LogP contribution in [0.25, 0.3) is 0 Å². The summed E-state index contributed by atoms with van der Waals surface area (Å²) in [6.07, 6.45) is 0.286. The van der Waals surface area contributed by atoms with E-state index in [0.29, 0.717) is 34.9 Å². The zero-order chi connectivity index (χ0) is 23.0. The molecule has 0 radical (unpaired) electrons. The molecule has 1 fully saturated rings. The van der Waals surface area contributed by atoms with Crippen LogP contribution in [0.2, 0.25) is 5.02 Å². The highest BCUT2D eigenvalue weighted by molar-refractivity contribution is 7.89. The van der Waals surface area contributed by atoms with Crippen LogP contribution in [-0.2, 0) is 26.2 Å². The standard InChI is InChI=1S/C22H24ClN3O5S/c1-13-10-17-19(31-14(2)21(27)25-17)11-20(13)32(29,30)26-9-5-8-18(26)22(28)24-12-15-6-3-4-7-16(15)23/h3-4,6-7,10-11,14,18H,5,8-9,12H2,1-2H3,(H,24,28)(H,25,27)/t14-,18-/m1/s1. The fourth-order valence-corrected chi connectivity index (χ4v) is 6.06. The zero-order valence-electron chi connectivity index (χ0n) is 17.7. The number of hydrogen-bond donors (Lipinski definition) is 2. The highest BCUT2D eigenvalue weighted by atomic mass is 35.5. The van der Waals surface area contributed by atoms with Crippen molar-refractivity contribution in [2.24, 2.45) is 0 Å². The summed E-state index contributed by atoms with van der Waals surface area (Å²) < 4.78 is 33.9. The number of benzene rings is 2. The van der Waals surface area contributed by atoms with Crippen molar-refractivity contribution in [2.45, 2.75) is 50.3 Å². The molecule has 0 spiro atoms. The van der Waals surface area contributed by atoms with Crippen LogP contribution < -0.4 is 15.4 Å². The van der Waals surface area contributed by atoms with E-state index in [0.717, 1.165) is 5.56 Å². The molecule has 10 heteroatoms. The quantitative estimate of drug-likeness (QED) is 0.689. The first kappa shape index (κ1) is 22.6. The number of carbonyl (C=O) groups excluding carboxylic acids is 2. The molecule has 1 saturated heterocycles. The first-order valence-electron chi connectivity index (χ1n) is 10.3. The monoisotopic (exact) mass is 477 g/mol. The largest absolute Gasteiger partial charge is 0.479 e. The lowest BCUT2D eigenvalue weighted by molar-refractivity contribution is -0.124. The summed E-state index contributed by atoms with van der Waals surface area (Å²) in [5.74, 6) is -0.360. The lowest BCUT2D eigenvalue weighted by Crippen LogP contribution is -2.45. The number of hydrogen-bond acceptors (Lipinski definition) is 5. The first-order valence-corrected chi connectivity index (χ1v) is 12.2. The molecular formula is C22H24ClN3O5S. The number of ether oxygens (including phenoxy) is 1. The highest BCUT2D eigenvalue weighted by Crippen LogP contribution is 2.37. The Hall–Kier alpha value is -2.62. The second-order valence-corrected chi connectivity index (χ2v) is 10.2. The van der Waals surface area contributed by atoms with E-state index in [1.54, 1.807) is 32.0 Å². The smallest absolute Gasteiger partial charge is 0.265 e. The topological polar surface area (TPSA) is 105 Å². The molecule has 170 valence electrons. The average Bonchev–Trinajstić information content (AvgIpc) is 3.25. The molecule has 0 saturated carbocycles. The third-order valence-corrected chi connectivity index (χ3v) is 8.13. The predicted molar refractivity (Wildman–Crippen MR) is 120 cm³/mol. The van der Waals surface area contributed by atoms with E-state index >= 15 is 0 Å². The minimum atomic E-state index is -3.97. The molecule has 2 heterocycles. The van der Waals surface area contributed by atoms with Crippen molar-refractivity contribution in [3.05, 3.63) is 52.5 Å². The van der Waals surface area contributed by atoms with Crippen molar-refractivity contribution in [2.75, 3.05) is 11.9 Å². The lowest BCUT2D eigenvalue weighted by atomic mass is 10.1. The summed E-state index contributed by atoms with van der Waals surface area (Å²) in [4.78, 5) is 24.8. The molecule has 32 heavy (non-hydrogen) atoms. The summed E-state index contributed by atoms with van der Waals surface area (Å²) in [6.45, 7) is 3.70. The second kappa shape index (κ2) is 8.73. The fraction of sp³-hybridized carbons (Fsp3) is 0.364. The number of rotatable bonds is 5. The van der Waals surface area contributed by atoms with Gasteiger partial charge in [-0.2, -0.15) is 4.31 Å². The molecule has 2 aromatic rings. The number of amides is 2. The van der Waals surface area contributed by atoms with Gasteiger partial charge in [-0.1, -0.05) is 29.8 Å². The average molecular weight is 478 g/mol. The maximum atomic E-state index is 13.5. The Labute approximate surface area is 191 Å². The molecule has 0 unspecified atom stereocenters. The number of fused-ring (bicyclic) bond motifs is 1. The number of halogens is 1. The van der Waals surface area contributed by atoms with Crippen LogP contribution >= 0.6 is 11.6 Å². The first-order chi connectivity index (χ1) is 15.2. The minimum absolute atomic E-state index is 0.0606. The van der Waals surface area contributed by atoms with Gasteiger partial charge < -0.3 is 15.4 Å². The molecule has 2 aliphatic rings. The van der Waals surface area contributed by atoms with E-state index in [1.165, 1.54) is 10.4 Å². The van der Waals surface area contributed by atoms with E-state index in [1.807, 2.05) is 12.1 Å². The molecule has 4 rings (SSSR count). The van der Waals surface area contributed by atoms with Crippen molar-refractivity contribution in [1.29, 1.82) is 0 Å². The number of nitrogens with zero attached hydrogens (tertiary/aromatic N) is 1. The van der Waals surface area contributed by atoms with Gasteiger partial charge in [-0.05, 0) is 49.9 Å². The summed E-state index contributed by atoms with van der Waals surface area (Å²) in [5.41, 5.74) is 1.65. The highest BCUT2D eigenvalue weighted by Gasteiger charge is 2.40. The van der Waals surface area contributed by atoms with E-state index in [2.05, 4.69) is 10.6 Å². The molecule has 2 aromatic carbocycles. The van der Waals surface area contributed by atoms with E-state index in [9.17, 15) is 18.0 Å². The maximum absolute atomic E-state index is 13.5. The number of anilines is 1. The maximum Gasteiger partial charge on any atom is 0.265 e. The molecular weight excluding hydrogens is 454 g/mol. The summed E-state index contributed by atoms with van der Waals surface area (Å²) in [7, 11) is -3.97. The van der Waals surface area contributed by atoms with Gasteiger partial charge >= 0.3 is 0 Å². The Balaban J connectivity index is 1.57. The van der Waals surface area contributed by atoms with E-state index in [-0.39, 0.29) is 29.8 Å². The second-order valence-electron chi connectivity index (χ2n) is 7.95. The van der Waals surface area contributed by atoms with Crippen LogP contribution in [0.5, 0.6) is 5.75 Å².